The van der Waals surface area contributed by atoms with Gasteiger partial charge in [-0.1, -0.05) is 13.0 Å². The van der Waals surface area contributed by atoms with Crippen LogP contribution in [0.15, 0.2) is 23.1 Å². The Morgan fingerprint density at radius 2 is 2.07 bits per heavy atom. The summed E-state index contributed by atoms with van der Waals surface area (Å²) >= 11 is 0. The van der Waals surface area contributed by atoms with Crippen molar-refractivity contribution in [3.05, 3.63) is 33.9 Å². The summed E-state index contributed by atoms with van der Waals surface area (Å²) in [7, 11) is -4.91. The van der Waals surface area contributed by atoms with Gasteiger partial charge in [0.1, 0.15) is 4.90 Å². The molecule has 5 nitrogen and oxygen atoms in total. The van der Waals surface area contributed by atoms with E-state index < -0.39 is 25.7 Å². The number of nitrogens with zero attached hydrogens (tertiary/aromatic N) is 1. The van der Waals surface area contributed by atoms with Crippen molar-refractivity contribution in [3.63, 3.8) is 0 Å². The molecule has 0 spiro atoms. The highest BCUT2D eigenvalue weighted by atomic mass is 32.3. The maximum absolute atomic E-state index is 12.8. The van der Waals surface area contributed by atoms with E-state index in [9.17, 15) is 22.4 Å². The van der Waals surface area contributed by atoms with Crippen molar-refractivity contribution < 1.29 is 17.2 Å². The van der Waals surface area contributed by atoms with Crippen LogP contribution in [-0.4, -0.2) is 13.3 Å². The lowest BCUT2D eigenvalue weighted by Crippen LogP contribution is -2.00. The first-order valence-electron chi connectivity index (χ1n) is 4.08. The SMILES string of the molecule is CCc1ccc([N+](=O)[O-])cc1S(=O)(=O)F. The molecule has 15 heavy (non-hydrogen) atoms. The summed E-state index contributed by atoms with van der Waals surface area (Å²) in [5.74, 6) is 0. The van der Waals surface area contributed by atoms with Crippen LogP contribution in [0, 0.1) is 10.1 Å². The van der Waals surface area contributed by atoms with Gasteiger partial charge in [-0.3, -0.25) is 10.1 Å². The number of benzene rings is 1. The van der Waals surface area contributed by atoms with E-state index in [1.165, 1.54) is 6.07 Å². The summed E-state index contributed by atoms with van der Waals surface area (Å²) < 4.78 is 34.2. The van der Waals surface area contributed by atoms with Crippen LogP contribution < -0.4 is 0 Å². The monoisotopic (exact) mass is 233 g/mol. The molecule has 0 N–H and O–H groups in total. The van der Waals surface area contributed by atoms with Gasteiger partial charge in [0.15, 0.2) is 0 Å². The molecule has 1 rings (SSSR count). The zero-order chi connectivity index (χ0) is 11.6. The summed E-state index contributed by atoms with van der Waals surface area (Å²) in [4.78, 5) is 8.97. The number of nitro groups is 1. The first kappa shape index (κ1) is 11.6. The van der Waals surface area contributed by atoms with Gasteiger partial charge < -0.3 is 0 Å². The zero-order valence-electron chi connectivity index (χ0n) is 7.81. The van der Waals surface area contributed by atoms with E-state index >= 15 is 0 Å². The summed E-state index contributed by atoms with van der Waals surface area (Å²) in [5, 5.41) is 10.4. The fraction of sp³-hybridized carbons (Fsp3) is 0.250. The van der Waals surface area contributed by atoms with Crippen LogP contribution in [0.2, 0.25) is 0 Å². The molecule has 0 heterocycles. The fourth-order valence-corrected chi connectivity index (χ4v) is 1.96. The van der Waals surface area contributed by atoms with E-state index in [1.807, 2.05) is 0 Å². The van der Waals surface area contributed by atoms with E-state index in [1.54, 1.807) is 6.92 Å². The highest BCUT2D eigenvalue weighted by molar-refractivity contribution is 7.86. The molecule has 0 radical (unpaired) electrons. The van der Waals surface area contributed by atoms with Crippen LogP contribution in [0.4, 0.5) is 9.57 Å². The molecule has 0 aromatic heterocycles. The van der Waals surface area contributed by atoms with Gasteiger partial charge in [0.05, 0.1) is 4.92 Å². The highest BCUT2D eigenvalue weighted by Gasteiger charge is 2.20. The lowest BCUT2D eigenvalue weighted by Gasteiger charge is -2.02. The highest BCUT2D eigenvalue weighted by Crippen LogP contribution is 2.24. The second-order valence-electron chi connectivity index (χ2n) is 2.84. The second kappa shape index (κ2) is 3.93. The van der Waals surface area contributed by atoms with Crippen LogP contribution in [0.1, 0.15) is 12.5 Å². The molecule has 0 atom stereocenters. The molecule has 0 amide bonds. The normalized spacial score (nSPS) is 11.3. The minimum absolute atomic E-state index is 0.225. The number of hydrogen-bond donors (Lipinski definition) is 0. The number of halogens is 1. The van der Waals surface area contributed by atoms with Crippen molar-refractivity contribution >= 4 is 15.9 Å². The molecular formula is C8H8FNO4S. The van der Waals surface area contributed by atoms with E-state index in [2.05, 4.69) is 0 Å². The number of non-ortho nitro benzene ring substituents is 1. The molecule has 0 unspecified atom stereocenters. The van der Waals surface area contributed by atoms with Crippen LogP contribution in [0.25, 0.3) is 0 Å². The molecule has 7 heteroatoms. The summed E-state index contributed by atoms with van der Waals surface area (Å²) in [6, 6.07) is 3.12. The van der Waals surface area contributed by atoms with Gasteiger partial charge >= 0.3 is 10.2 Å². The maximum Gasteiger partial charge on any atom is 0.332 e. The van der Waals surface area contributed by atoms with Crippen molar-refractivity contribution in [2.24, 2.45) is 0 Å². The van der Waals surface area contributed by atoms with E-state index in [0.29, 0.717) is 0 Å². The average Bonchev–Trinajstić information content (AvgIpc) is 2.15. The lowest BCUT2D eigenvalue weighted by molar-refractivity contribution is -0.385. The van der Waals surface area contributed by atoms with E-state index in [0.717, 1.165) is 12.1 Å². The molecule has 0 aliphatic rings. The lowest BCUT2D eigenvalue weighted by atomic mass is 10.1. The number of nitro benzene ring substituents is 1. The molecule has 0 aliphatic carbocycles. The van der Waals surface area contributed by atoms with Crippen molar-refractivity contribution in [3.8, 4) is 0 Å². The topological polar surface area (TPSA) is 77.3 Å². The molecule has 1 aromatic rings. The summed E-state index contributed by atoms with van der Waals surface area (Å²) in [5.41, 5.74) is -0.216. The average molecular weight is 233 g/mol. The van der Waals surface area contributed by atoms with Gasteiger partial charge in [-0.2, -0.15) is 8.42 Å². The van der Waals surface area contributed by atoms with Crippen molar-refractivity contribution in [2.45, 2.75) is 18.2 Å². The van der Waals surface area contributed by atoms with E-state index in [-0.39, 0.29) is 12.0 Å². The second-order valence-corrected chi connectivity index (χ2v) is 4.16. The predicted molar refractivity (Wildman–Crippen MR) is 50.8 cm³/mol. The van der Waals surface area contributed by atoms with Gasteiger partial charge in [0.25, 0.3) is 5.69 Å². The summed E-state index contributed by atoms with van der Waals surface area (Å²) in [6.45, 7) is 1.63. The van der Waals surface area contributed by atoms with Crippen molar-refractivity contribution in [1.29, 1.82) is 0 Å². The largest absolute Gasteiger partial charge is 0.332 e. The van der Waals surface area contributed by atoms with Gasteiger partial charge in [-0.25, -0.2) is 0 Å². The third-order valence-electron chi connectivity index (χ3n) is 1.91. The van der Waals surface area contributed by atoms with Crippen LogP contribution >= 0.6 is 0 Å². The Morgan fingerprint density at radius 1 is 1.47 bits per heavy atom. The maximum atomic E-state index is 12.8. The number of hydrogen-bond acceptors (Lipinski definition) is 4. The molecule has 0 bridgehead atoms. The van der Waals surface area contributed by atoms with Gasteiger partial charge in [0, 0.05) is 12.1 Å². The Kier molecular flexibility index (Phi) is 3.04. The predicted octanol–water partition coefficient (Wildman–Crippen LogP) is 1.82. The van der Waals surface area contributed by atoms with Gasteiger partial charge in [-0.15, -0.1) is 3.89 Å². The van der Waals surface area contributed by atoms with Crippen LogP contribution in [-0.2, 0) is 16.6 Å². The summed E-state index contributed by atoms with van der Waals surface area (Å²) in [6.07, 6.45) is 0.288. The van der Waals surface area contributed by atoms with Crippen molar-refractivity contribution in [2.75, 3.05) is 0 Å². The smallest absolute Gasteiger partial charge is 0.258 e. The fourth-order valence-electron chi connectivity index (χ4n) is 1.18. The first-order valence-corrected chi connectivity index (χ1v) is 5.46. The third-order valence-corrected chi connectivity index (χ3v) is 2.81. The Morgan fingerprint density at radius 3 is 2.47 bits per heavy atom. The van der Waals surface area contributed by atoms with Gasteiger partial charge in [-0.05, 0) is 12.0 Å². The first-order chi connectivity index (χ1) is 6.86. The Hall–Kier alpha value is -1.50. The molecule has 0 fully saturated rings. The molecule has 0 saturated heterocycles. The van der Waals surface area contributed by atoms with Gasteiger partial charge in [0.2, 0.25) is 0 Å². The molecule has 0 aliphatic heterocycles. The van der Waals surface area contributed by atoms with Crippen LogP contribution in [0.5, 0.6) is 0 Å². The molecular weight excluding hydrogens is 225 g/mol. The molecule has 1 aromatic carbocycles. The minimum atomic E-state index is -4.91. The third kappa shape index (κ3) is 2.50. The molecule has 82 valence electrons. The number of aryl methyl sites for hydroxylation is 1. The Bertz CT molecular complexity index is 497. The van der Waals surface area contributed by atoms with E-state index in [4.69, 9.17) is 0 Å². The van der Waals surface area contributed by atoms with Crippen LogP contribution in [0.3, 0.4) is 0 Å². The standard InChI is InChI=1S/C8H8FNO4S/c1-2-6-3-4-7(10(11)12)5-8(6)15(9,13)14/h3-5H,2H2,1H3. The number of rotatable bonds is 3. The Balaban J connectivity index is 3.46. The van der Waals surface area contributed by atoms with Crippen molar-refractivity contribution in [1.82, 2.24) is 0 Å². The zero-order valence-corrected chi connectivity index (χ0v) is 8.62. The minimum Gasteiger partial charge on any atom is -0.258 e. The quantitative estimate of drug-likeness (QED) is 0.453. The Labute approximate surface area is 85.9 Å². The molecule has 0 saturated carbocycles.